The van der Waals surface area contributed by atoms with Crippen molar-refractivity contribution in [3.8, 4) is 0 Å². The summed E-state index contributed by atoms with van der Waals surface area (Å²) in [5, 5.41) is 0. The first-order valence-corrected chi connectivity index (χ1v) is 9.79. The van der Waals surface area contributed by atoms with Crippen molar-refractivity contribution in [2.45, 2.75) is 66.2 Å². The number of fused-ring (bicyclic) bond motifs is 5. The van der Waals surface area contributed by atoms with E-state index in [9.17, 15) is 4.79 Å². The monoisotopic (exact) mass is 312 g/mol. The quantitative estimate of drug-likeness (QED) is 0.619. The maximum Gasteiger partial charge on any atom is 0.156 e. The minimum Gasteiger partial charge on any atom is -0.295 e. The van der Waals surface area contributed by atoms with Crippen LogP contribution in [0.2, 0.25) is 0 Å². The van der Waals surface area contributed by atoms with Crippen molar-refractivity contribution in [3.63, 3.8) is 0 Å². The number of hydrogen-bond acceptors (Lipinski definition) is 1. The van der Waals surface area contributed by atoms with E-state index in [1.807, 2.05) is 6.08 Å². The maximum atomic E-state index is 11.9. The van der Waals surface area contributed by atoms with Gasteiger partial charge in [-0.2, -0.15) is 0 Å². The largest absolute Gasteiger partial charge is 0.295 e. The first-order valence-electron chi connectivity index (χ1n) is 9.79. The Balaban J connectivity index is 1.71. The van der Waals surface area contributed by atoms with E-state index in [0.717, 1.165) is 42.4 Å². The maximum absolute atomic E-state index is 11.9. The van der Waals surface area contributed by atoms with E-state index in [-0.39, 0.29) is 5.41 Å². The summed E-state index contributed by atoms with van der Waals surface area (Å²) in [6, 6.07) is 0. The van der Waals surface area contributed by atoms with Gasteiger partial charge in [-0.05, 0) is 84.2 Å². The highest BCUT2D eigenvalue weighted by Gasteiger charge is 2.58. The number of allylic oxidation sites excluding steroid dienone is 4. The molecular weight excluding hydrogens is 280 g/mol. The molecule has 1 heteroatoms. The second kappa shape index (κ2) is 5.07. The molecule has 0 amide bonds. The molecule has 0 spiro atoms. The number of carbonyl (C=O) groups is 1. The summed E-state index contributed by atoms with van der Waals surface area (Å²) < 4.78 is 0. The molecule has 0 aromatic carbocycles. The molecule has 4 rings (SSSR count). The van der Waals surface area contributed by atoms with Crippen LogP contribution in [0.3, 0.4) is 0 Å². The Morgan fingerprint density at radius 1 is 1.09 bits per heavy atom. The fourth-order valence-corrected chi connectivity index (χ4v) is 7.13. The topological polar surface area (TPSA) is 17.1 Å². The van der Waals surface area contributed by atoms with Crippen LogP contribution in [-0.4, -0.2) is 5.78 Å². The van der Waals surface area contributed by atoms with Gasteiger partial charge >= 0.3 is 0 Å². The Morgan fingerprint density at radius 3 is 2.61 bits per heavy atom. The van der Waals surface area contributed by atoms with Gasteiger partial charge in [0.15, 0.2) is 5.78 Å². The number of rotatable bonds is 1. The van der Waals surface area contributed by atoms with Gasteiger partial charge in [0.2, 0.25) is 0 Å². The SMILES string of the molecule is CC(C)[C@H]1CCC2C3C=CC4=CC(=O)CC[C@]4(C)C3CC[C@@]21C. The second-order valence-electron chi connectivity index (χ2n) is 9.61. The van der Waals surface area contributed by atoms with Crippen LogP contribution in [0.4, 0.5) is 0 Å². The molecule has 0 bridgehead atoms. The predicted molar refractivity (Wildman–Crippen MR) is 94.9 cm³/mol. The third kappa shape index (κ3) is 2.07. The van der Waals surface area contributed by atoms with Gasteiger partial charge in [0.25, 0.3) is 0 Å². The first kappa shape index (κ1) is 15.7. The van der Waals surface area contributed by atoms with E-state index < -0.39 is 0 Å². The van der Waals surface area contributed by atoms with Crippen molar-refractivity contribution >= 4 is 5.78 Å². The van der Waals surface area contributed by atoms with E-state index in [2.05, 4.69) is 39.8 Å². The molecule has 0 saturated heterocycles. The first-order chi connectivity index (χ1) is 10.9. The van der Waals surface area contributed by atoms with Crippen molar-refractivity contribution in [2.75, 3.05) is 0 Å². The van der Waals surface area contributed by atoms with Gasteiger partial charge in [0, 0.05) is 6.42 Å². The lowest BCUT2D eigenvalue weighted by atomic mass is 9.48. The molecule has 0 heterocycles. The number of ketones is 1. The molecule has 4 aliphatic carbocycles. The van der Waals surface area contributed by atoms with Crippen LogP contribution in [0, 0.1) is 40.4 Å². The van der Waals surface area contributed by atoms with Crippen molar-refractivity contribution < 1.29 is 4.79 Å². The van der Waals surface area contributed by atoms with Crippen LogP contribution >= 0.6 is 0 Å². The fraction of sp³-hybridized carbons (Fsp3) is 0.773. The highest BCUT2D eigenvalue weighted by molar-refractivity contribution is 5.92. The molecule has 2 fully saturated rings. The summed E-state index contributed by atoms with van der Waals surface area (Å²) in [7, 11) is 0. The zero-order valence-corrected chi connectivity index (χ0v) is 15.3. The second-order valence-corrected chi connectivity index (χ2v) is 9.61. The molecule has 0 N–H and O–H groups in total. The van der Waals surface area contributed by atoms with Gasteiger partial charge in [-0.15, -0.1) is 0 Å². The average Bonchev–Trinajstić information content (AvgIpc) is 2.85. The molecule has 0 aromatic rings. The molecular formula is C22H32O. The number of hydrogen-bond donors (Lipinski definition) is 0. The molecule has 0 radical (unpaired) electrons. The highest BCUT2D eigenvalue weighted by Crippen LogP contribution is 2.66. The number of carbonyl (C=O) groups excluding carboxylic acids is 1. The van der Waals surface area contributed by atoms with Crippen LogP contribution in [0.1, 0.15) is 66.2 Å². The molecule has 4 aliphatic rings. The predicted octanol–water partition coefficient (Wildman–Crippen LogP) is 5.57. The average molecular weight is 312 g/mol. The van der Waals surface area contributed by atoms with Gasteiger partial charge in [0.1, 0.15) is 0 Å². The highest BCUT2D eigenvalue weighted by atomic mass is 16.1. The Kier molecular flexibility index (Phi) is 3.45. The van der Waals surface area contributed by atoms with Crippen molar-refractivity contribution in [3.05, 3.63) is 23.8 Å². The van der Waals surface area contributed by atoms with Crippen LogP contribution < -0.4 is 0 Å². The normalized spacial score (nSPS) is 48.7. The van der Waals surface area contributed by atoms with Gasteiger partial charge in [0.05, 0.1) is 0 Å². The third-order valence-electron chi connectivity index (χ3n) is 8.39. The van der Waals surface area contributed by atoms with Crippen LogP contribution in [-0.2, 0) is 4.79 Å². The summed E-state index contributed by atoms with van der Waals surface area (Å²) in [4.78, 5) is 11.9. The molecule has 3 unspecified atom stereocenters. The zero-order chi connectivity index (χ0) is 16.4. The van der Waals surface area contributed by atoms with E-state index >= 15 is 0 Å². The van der Waals surface area contributed by atoms with Gasteiger partial charge in [-0.25, -0.2) is 0 Å². The molecule has 0 aliphatic heterocycles. The summed E-state index contributed by atoms with van der Waals surface area (Å²) in [6.07, 6.45) is 14.2. The molecule has 2 saturated carbocycles. The molecule has 23 heavy (non-hydrogen) atoms. The lowest BCUT2D eigenvalue weighted by Crippen LogP contribution is -2.49. The van der Waals surface area contributed by atoms with Crippen molar-refractivity contribution in [1.29, 1.82) is 0 Å². The van der Waals surface area contributed by atoms with E-state index in [0.29, 0.717) is 11.2 Å². The smallest absolute Gasteiger partial charge is 0.156 e. The minimum absolute atomic E-state index is 0.255. The Morgan fingerprint density at radius 2 is 1.87 bits per heavy atom. The zero-order valence-electron chi connectivity index (χ0n) is 15.3. The lowest BCUT2D eigenvalue weighted by Gasteiger charge is -2.56. The third-order valence-corrected chi connectivity index (χ3v) is 8.39. The van der Waals surface area contributed by atoms with Gasteiger partial charge < -0.3 is 0 Å². The van der Waals surface area contributed by atoms with E-state index in [4.69, 9.17) is 0 Å². The summed E-state index contributed by atoms with van der Waals surface area (Å²) in [5.74, 6) is 4.42. The van der Waals surface area contributed by atoms with Crippen LogP contribution in [0.15, 0.2) is 23.8 Å². The Hall–Kier alpha value is -0.850. The molecule has 126 valence electrons. The molecule has 0 aromatic heterocycles. The standard InChI is InChI=1S/C22H32O/c1-14(2)18-7-8-19-17-6-5-15-13-16(23)9-11-21(15,3)20(17)10-12-22(18,19)4/h5-6,13-14,17-20H,7-12H2,1-4H3/t17?,18-,19?,20?,21+,22-/m1/s1. The Labute approximate surface area is 141 Å². The summed E-state index contributed by atoms with van der Waals surface area (Å²) in [5.41, 5.74) is 2.13. The summed E-state index contributed by atoms with van der Waals surface area (Å²) >= 11 is 0. The van der Waals surface area contributed by atoms with Crippen LogP contribution in [0.25, 0.3) is 0 Å². The molecule has 1 nitrogen and oxygen atoms in total. The van der Waals surface area contributed by atoms with Crippen LogP contribution in [0.5, 0.6) is 0 Å². The Bertz CT molecular complexity index is 583. The minimum atomic E-state index is 0.255. The van der Waals surface area contributed by atoms with Gasteiger partial charge in [-0.3, -0.25) is 4.79 Å². The summed E-state index contributed by atoms with van der Waals surface area (Å²) in [6.45, 7) is 9.90. The molecule has 6 atom stereocenters. The van der Waals surface area contributed by atoms with Crippen molar-refractivity contribution in [1.82, 2.24) is 0 Å². The van der Waals surface area contributed by atoms with Crippen molar-refractivity contribution in [2.24, 2.45) is 40.4 Å². The lowest BCUT2D eigenvalue weighted by molar-refractivity contribution is -0.116. The fourth-order valence-electron chi connectivity index (χ4n) is 7.13. The van der Waals surface area contributed by atoms with Gasteiger partial charge in [-0.1, -0.05) is 39.8 Å². The van der Waals surface area contributed by atoms with E-state index in [1.54, 1.807) is 0 Å². The van der Waals surface area contributed by atoms with E-state index in [1.165, 1.54) is 31.3 Å².